The standard InChI is InChI=1S/C24H29N3O3/c28-22(20-10-4-5-11-20)27-14-15-30-24(18-27,16-21-12-6-7-13-25-21)23(29)26-17-19-8-2-1-3-9-19/h1-3,6-9,12-13,20H,4-5,10-11,14-18H2,(H,26,29)/t24-/m1/s1. The highest BCUT2D eigenvalue weighted by Gasteiger charge is 2.46. The molecule has 6 heteroatoms. The van der Waals surface area contributed by atoms with Crippen LogP contribution in [0.4, 0.5) is 0 Å². The normalized spacial score (nSPS) is 22.1. The summed E-state index contributed by atoms with van der Waals surface area (Å²) >= 11 is 0. The average Bonchev–Trinajstić information content (AvgIpc) is 3.33. The second-order valence-corrected chi connectivity index (χ2v) is 8.25. The van der Waals surface area contributed by atoms with Gasteiger partial charge in [0.05, 0.1) is 13.2 Å². The molecule has 1 aromatic carbocycles. The van der Waals surface area contributed by atoms with Crippen LogP contribution in [0, 0.1) is 5.92 Å². The van der Waals surface area contributed by atoms with Crippen LogP contribution in [-0.2, 0) is 27.3 Å². The molecule has 2 fully saturated rings. The summed E-state index contributed by atoms with van der Waals surface area (Å²) in [6, 6.07) is 15.4. The third-order valence-electron chi connectivity index (χ3n) is 6.10. The first-order chi connectivity index (χ1) is 14.7. The first-order valence-electron chi connectivity index (χ1n) is 10.8. The molecule has 0 unspecified atom stereocenters. The van der Waals surface area contributed by atoms with Crippen LogP contribution in [0.3, 0.4) is 0 Å². The van der Waals surface area contributed by atoms with Crippen molar-refractivity contribution in [2.45, 2.75) is 44.2 Å². The molecule has 1 saturated carbocycles. The van der Waals surface area contributed by atoms with Crippen LogP contribution in [0.25, 0.3) is 0 Å². The molecule has 1 aliphatic heterocycles. The Morgan fingerprint density at radius 2 is 1.87 bits per heavy atom. The molecule has 1 atom stereocenters. The number of pyridine rings is 1. The fourth-order valence-corrected chi connectivity index (χ4v) is 4.46. The van der Waals surface area contributed by atoms with Crippen molar-refractivity contribution in [3.63, 3.8) is 0 Å². The summed E-state index contributed by atoms with van der Waals surface area (Å²) < 4.78 is 6.12. The lowest BCUT2D eigenvalue weighted by atomic mass is 9.92. The van der Waals surface area contributed by atoms with Crippen LogP contribution in [0.1, 0.15) is 36.9 Å². The zero-order valence-corrected chi connectivity index (χ0v) is 17.3. The van der Waals surface area contributed by atoms with E-state index in [1.165, 1.54) is 0 Å². The molecule has 0 bridgehead atoms. The number of carbonyl (C=O) groups excluding carboxylic acids is 2. The molecule has 2 aliphatic rings. The molecule has 1 aromatic heterocycles. The van der Waals surface area contributed by atoms with Gasteiger partial charge in [-0.05, 0) is 30.5 Å². The topological polar surface area (TPSA) is 71.5 Å². The molecule has 1 saturated heterocycles. The van der Waals surface area contributed by atoms with Crippen molar-refractivity contribution in [1.29, 1.82) is 0 Å². The predicted octanol–water partition coefficient (Wildman–Crippen LogP) is 2.73. The smallest absolute Gasteiger partial charge is 0.254 e. The van der Waals surface area contributed by atoms with Crippen molar-refractivity contribution >= 4 is 11.8 Å². The molecule has 158 valence electrons. The SMILES string of the molecule is O=C(C1CCCC1)N1CCO[C@@](Cc2ccccn2)(C(=O)NCc2ccccc2)C1. The van der Waals surface area contributed by atoms with E-state index in [2.05, 4.69) is 10.3 Å². The zero-order valence-electron chi connectivity index (χ0n) is 17.3. The number of hydrogen-bond donors (Lipinski definition) is 1. The Morgan fingerprint density at radius 1 is 1.10 bits per heavy atom. The minimum Gasteiger partial charge on any atom is -0.361 e. The van der Waals surface area contributed by atoms with Crippen molar-refractivity contribution < 1.29 is 14.3 Å². The van der Waals surface area contributed by atoms with Gasteiger partial charge >= 0.3 is 0 Å². The van der Waals surface area contributed by atoms with Gasteiger partial charge in [-0.25, -0.2) is 0 Å². The molecule has 1 aliphatic carbocycles. The van der Waals surface area contributed by atoms with Crippen LogP contribution >= 0.6 is 0 Å². The van der Waals surface area contributed by atoms with E-state index >= 15 is 0 Å². The molecule has 0 radical (unpaired) electrons. The molecule has 1 N–H and O–H groups in total. The van der Waals surface area contributed by atoms with E-state index in [0.717, 1.165) is 36.9 Å². The summed E-state index contributed by atoms with van der Waals surface area (Å²) in [7, 11) is 0. The summed E-state index contributed by atoms with van der Waals surface area (Å²) in [5.41, 5.74) is 0.673. The van der Waals surface area contributed by atoms with Crippen LogP contribution in [-0.4, -0.2) is 47.0 Å². The number of rotatable bonds is 6. The van der Waals surface area contributed by atoms with E-state index in [1.54, 1.807) is 6.20 Å². The second kappa shape index (κ2) is 9.39. The number of aromatic nitrogens is 1. The summed E-state index contributed by atoms with van der Waals surface area (Å²) in [5, 5.41) is 3.03. The Kier molecular flexibility index (Phi) is 6.43. The molecule has 30 heavy (non-hydrogen) atoms. The van der Waals surface area contributed by atoms with Crippen LogP contribution < -0.4 is 5.32 Å². The fourth-order valence-electron chi connectivity index (χ4n) is 4.46. The number of hydrogen-bond acceptors (Lipinski definition) is 4. The first kappa shape index (κ1) is 20.5. The lowest BCUT2D eigenvalue weighted by Gasteiger charge is -2.42. The summed E-state index contributed by atoms with van der Waals surface area (Å²) in [5.74, 6) is 0.0565. The molecule has 6 nitrogen and oxygen atoms in total. The number of morpholine rings is 1. The van der Waals surface area contributed by atoms with Crippen LogP contribution in [0.2, 0.25) is 0 Å². The molecule has 2 aromatic rings. The van der Waals surface area contributed by atoms with Crippen molar-refractivity contribution in [1.82, 2.24) is 15.2 Å². The third kappa shape index (κ3) is 4.70. The van der Waals surface area contributed by atoms with Crippen molar-refractivity contribution in [2.75, 3.05) is 19.7 Å². The highest BCUT2D eigenvalue weighted by Crippen LogP contribution is 2.30. The van der Waals surface area contributed by atoms with Gasteiger partial charge in [-0.15, -0.1) is 0 Å². The van der Waals surface area contributed by atoms with E-state index in [0.29, 0.717) is 26.1 Å². The van der Waals surface area contributed by atoms with Gasteiger partial charge in [-0.2, -0.15) is 0 Å². The van der Waals surface area contributed by atoms with Gasteiger partial charge in [-0.3, -0.25) is 14.6 Å². The number of nitrogens with one attached hydrogen (secondary N) is 1. The van der Waals surface area contributed by atoms with E-state index in [9.17, 15) is 9.59 Å². The van der Waals surface area contributed by atoms with Gasteiger partial charge < -0.3 is 15.0 Å². The Hall–Kier alpha value is -2.73. The highest BCUT2D eigenvalue weighted by molar-refractivity contribution is 5.87. The van der Waals surface area contributed by atoms with E-state index in [1.807, 2.05) is 53.4 Å². The average molecular weight is 408 g/mol. The largest absolute Gasteiger partial charge is 0.361 e. The molecular weight excluding hydrogens is 378 g/mol. The molecular formula is C24H29N3O3. The monoisotopic (exact) mass is 407 g/mol. The minimum atomic E-state index is -1.13. The van der Waals surface area contributed by atoms with Gasteiger partial charge in [0.2, 0.25) is 5.91 Å². The summed E-state index contributed by atoms with van der Waals surface area (Å²) in [6.07, 6.45) is 6.17. The maximum atomic E-state index is 13.4. The van der Waals surface area contributed by atoms with Crippen molar-refractivity contribution in [3.05, 3.63) is 66.0 Å². The quantitative estimate of drug-likeness (QED) is 0.799. The van der Waals surface area contributed by atoms with Gasteiger partial charge in [0.15, 0.2) is 5.60 Å². The second-order valence-electron chi connectivity index (χ2n) is 8.25. The van der Waals surface area contributed by atoms with Gasteiger partial charge in [0.1, 0.15) is 0 Å². The van der Waals surface area contributed by atoms with Crippen molar-refractivity contribution in [2.24, 2.45) is 5.92 Å². The Bertz CT molecular complexity index is 853. The Balaban J connectivity index is 1.53. The van der Waals surface area contributed by atoms with Crippen LogP contribution in [0.5, 0.6) is 0 Å². The van der Waals surface area contributed by atoms with E-state index in [-0.39, 0.29) is 24.3 Å². The van der Waals surface area contributed by atoms with Gasteiger partial charge in [0, 0.05) is 37.3 Å². The number of ether oxygens (including phenoxy) is 1. The first-order valence-corrected chi connectivity index (χ1v) is 10.8. The lowest BCUT2D eigenvalue weighted by Crippen LogP contribution is -2.62. The summed E-state index contributed by atoms with van der Waals surface area (Å²) in [6.45, 7) is 1.57. The summed E-state index contributed by atoms with van der Waals surface area (Å²) in [4.78, 5) is 32.7. The third-order valence-corrected chi connectivity index (χ3v) is 6.10. The fraction of sp³-hybridized carbons (Fsp3) is 0.458. The van der Waals surface area contributed by atoms with Gasteiger partial charge in [-0.1, -0.05) is 49.2 Å². The maximum Gasteiger partial charge on any atom is 0.254 e. The number of nitrogens with zero attached hydrogens (tertiary/aromatic N) is 2. The molecule has 2 amide bonds. The highest BCUT2D eigenvalue weighted by atomic mass is 16.5. The van der Waals surface area contributed by atoms with Crippen LogP contribution in [0.15, 0.2) is 54.7 Å². The Morgan fingerprint density at radius 3 is 2.60 bits per heavy atom. The maximum absolute atomic E-state index is 13.4. The molecule has 4 rings (SSSR count). The molecule has 2 heterocycles. The van der Waals surface area contributed by atoms with Crippen molar-refractivity contribution in [3.8, 4) is 0 Å². The van der Waals surface area contributed by atoms with Gasteiger partial charge in [0.25, 0.3) is 5.91 Å². The van der Waals surface area contributed by atoms with E-state index in [4.69, 9.17) is 4.74 Å². The van der Waals surface area contributed by atoms with E-state index < -0.39 is 5.60 Å². The zero-order chi connectivity index (χ0) is 20.8. The number of benzene rings is 1. The minimum absolute atomic E-state index is 0.0861. The number of carbonyl (C=O) groups is 2. The lowest BCUT2D eigenvalue weighted by molar-refractivity contribution is -0.168. The predicted molar refractivity (Wildman–Crippen MR) is 113 cm³/mol. The number of amides is 2. The molecule has 0 spiro atoms. The Labute approximate surface area is 177 Å².